The number of carbonyl (C=O) groups is 1. The van der Waals surface area contributed by atoms with Gasteiger partial charge in [-0.25, -0.2) is 8.42 Å². The first-order valence-corrected chi connectivity index (χ1v) is 7.37. The van der Waals surface area contributed by atoms with Crippen LogP contribution in [0.1, 0.15) is 23.1 Å². The first-order chi connectivity index (χ1) is 8.27. The number of H-pyrrole nitrogens is 1. The Balaban J connectivity index is 3.01. The minimum absolute atomic E-state index is 0.217. The number of carbonyl (C=O) groups excluding carboxylic acids is 1. The molecule has 0 aliphatic carbocycles. The standard InChI is InChI=1S/C9H14ClN3O4S/c1-5(4-17-3)11-9(14)7-8(18(10,15)16)6(2)12-13-7/h5H,4H2,1-3H3,(H,11,14)(H,12,13). The van der Waals surface area contributed by atoms with Crippen molar-refractivity contribution in [1.29, 1.82) is 0 Å². The second kappa shape index (κ2) is 5.68. The van der Waals surface area contributed by atoms with Crippen LogP contribution in [0.4, 0.5) is 0 Å². The fourth-order valence-corrected chi connectivity index (χ4v) is 2.80. The van der Waals surface area contributed by atoms with Crippen LogP contribution in [-0.2, 0) is 13.8 Å². The lowest BCUT2D eigenvalue weighted by atomic mass is 10.3. The van der Waals surface area contributed by atoms with Gasteiger partial charge < -0.3 is 10.1 Å². The van der Waals surface area contributed by atoms with Crippen LogP contribution in [0.25, 0.3) is 0 Å². The van der Waals surface area contributed by atoms with Gasteiger partial charge in [-0.3, -0.25) is 9.89 Å². The second-order valence-electron chi connectivity index (χ2n) is 3.79. The highest BCUT2D eigenvalue weighted by atomic mass is 35.7. The fraction of sp³-hybridized carbons (Fsp3) is 0.556. The van der Waals surface area contributed by atoms with Crippen molar-refractivity contribution in [3.63, 3.8) is 0 Å². The van der Waals surface area contributed by atoms with E-state index in [1.165, 1.54) is 14.0 Å². The number of amides is 1. The Morgan fingerprint density at radius 3 is 2.72 bits per heavy atom. The molecule has 1 amide bonds. The Morgan fingerprint density at radius 2 is 2.22 bits per heavy atom. The summed E-state index contributed by atoms with van der Waals surface area (Å²) in [4.78, 5) is 11.5. The SMILES string of the molecule is COCC(C)NC(=O)c1n[nH]c(C)c1S(=O)(=O)Cl. The van der Waals surface area contributed by atoms with Crippen LogP contribution >= 0.6 is 10.7 Å². The fourth-order valence-electron chi connectivity index (χ4n) is 1.45. The molecule has 0 saturated heterocycles. The van der Waals surface area contributed by atoms with Gasteiger partial charge in [0.15, 0.2) is 5.69 Å². The molecule has 2 N–H and O–H groups in total. The normalized spacial score (nSPS) is 13.3. The van der Waals surface area contributed by atoms with Crippen molar-refractivity contribution in [3.8, 4) is 0 Å². The average molecular weight is 296 g/mol. The van der Waals surface area contributed by atoms with E-state index in [1.54, 1.807) is 6.92 Å². The van der Waals surface area contributed by atoms with Gasteiger partial charge in [0.2, 0.25) is 0 Å². The number of nitrogens with one attached hydrogen (secondary N) is 2. The molecule has 9 heteroatoms. The lowest BCUT2D eigenvalue weighted by molar-refractivity contribution is 0.0897. The molecular formula is C9H14ClN3O4S. The molecule has 18 heavy (non-hydrogen) atoms. The van der Waals surface area contributed by atoms with Gasteiger partial charge in [0, 0.05) is 23.8 Å². The van der Waals surface area contributed by atoms with Crippen molar-refractivity contribution in [2.24, 2.45) is 0 Å². The average Bonchev–Trinajstić information content (AvgIpc) is 2.59. The molecule has 1 atom stereocenters. The zero-order valence-corrected chi connectivity index (χ0v) is 11.7. The molecule has 1 rings (SSSR count). The number of halogens is 1. The topological polar surface area (TPSA) is 101 Å². The Kier molecular flexibility index (Phi) is 4.71. The quantitative estimate of drug-likeness (QED) is 0.766. The monoisotopic (exact) mass is 295 g/mol. The Hall–Kier alpha value is -1.12. The van der Waals surface area contributed by atoms with Crippen LogP contribution in [0.2, 0.25) is 0 Å². The summed E-state index contributed by atoms with van der Waals surface area (Å²) in [5, 5.41) is 8.63. The molecule has 0 aromatic carbocycles. The highest BCUT2D eigenvalue weighted by Crippen LogP contribution is 2.21. The number of nitrogens with zero attached hydrogens (tertiary/aromatic N) is 1. The van der Waals surface area contributed by atoms with Gasteiger partial charge in [0.25, 0.3) is 15.0 Å². The van der Waals surface area contributed by atoms with E-state index in [2.05, 4.69) is 15.5 Å². The number of rotatable bonds is 5. The summed E-state index contributed by atoms with van der Waals surface area (Å²) >= 11 is 0. The maximum atomic E-state index is 11.8. The summed E-state index contributed by atoms with van der Waals surface area (Å²) in [6, 6.07) is -0.273. The van der Waals surface area contributed by atoms with E-state index in [1.807, 2.05) is 0 Å². The van der Waals surface area contributed by atoms with Crippen molar-refractivity contribution in [2.45, 2.75) is 24.8 Å². The molecule has 0 saturated carbocycles. The molecule has 0 bridgehead atoms. The molecule has 0 fully saturated rings. The minimum atomic E-state index is -4.03. The molecule has 1 heterocycles. The second-order valence-corrected chi connectivity index (χ2v) is 6.30. The van der Waals surface area contributed by atoms with Crippen LogP contribution in [0, 0.1) is 6.92 Å². The third-order valence-corrected chi connectivity index (χ3v) is 3.59. The summed E-state index contributed by atoms with van der Waals surface area (Å²) in [6.45, 7) is 3.49. The predicted molar refractivity (Wildman–Crippen MR) is 65.2 cm³/mol. The van der Waals surface area contributed by atoms with E-state index >= 15 is 0 Å². The largest absolute Gasteiger partial charge is 0.383 e. The molecule has 0 aliphatic heterocycles. The van der Waals surface area contributed by atoms with Gasteiger partial charge in [-0.15, -0.1) is 0 Å². The third kappa shape index (κ3) is 3.44. The number of aryl methyl sites for hydroxylation is 1. The molecule has 0 radical (unpaired) electrons. The number of aromatic nitrogens is 2. The van der Waals surface area contributed by atoms with Gasteiger partial charge in [-0.05, 0) is 13.8 Å². The molecule has 1 aromatic heterocycles. The molecular weight excluding hydrogens is 282 g/mol. The lowest BCUT2D eigenvalue weighted by Crippen LogP contribution is -2.36. The lowest BCUT2D eigenvalue weighted by Gasteiger charge is -2.11. The smallest absolute Gasteiger partial charge is 0.273 e. The number of ether oxygens (including phenoxy) is 1. The molecule has 7 nitrogen and oxygen atoms in total. The summed E-state index contributed by atoms with van der Waals surface area (Å²) < 4.78 is 27.6. The third-order valence-electron chi connectivity index (χ3n) is 2.14. The first-order valence-electron chi connectivity index (χ1n) is 5.06. The highest BCUT2D eigenvalue weighted by molar-refractivity contribution is 8.13. The zero-order chi connectivity index (χ0) is 13.9. The van der Waals surface area contributed by atoms with E-state index in [4.69, 9.17) is 15.4 Å². The molecule has 1 aromatic rings. The van der Waals surface area contributed by atoms with Gasteiger partial charge in [-0.2, -0.15) is 5.10 Å². The molecule has 0 aliphatic rings. The van der Waals surface area contributed by atoms with Crippen LogP contribution in [0.3, 0.4) is 0 Å². The van der Waals surface area contributed by atoms with Crippen molar-refractivity contribution < 1.29 is 17.9 Å². The molecule has 0 spiro atoms. The molecule has 1 unspecified atom stereocenters. The van der Waals surface area contributed by atoms with Gasteiger partial charge in [0.1, 0.15) is 4.90 Å². The Bertz CT molecular complexity index is 540. The number of aromatic amines is 1. The van der Waals surface area contributed by atoms with E-state index in [0.29, 0.717) is 6.61 Å². The zero-order valence-electron chi connectivity index (χ0n) is 10.2. The van der Waals surface area contributed by atoms with Gasteiger partial charge >= 0.3 is 0 Å². The van der Waals surface area contributed by atoms with E-state index in [9.17, 15) is 13.2 Å². The summed E-state index contributed by atoms with van der Waals surface area (Å²) in [5.41, 5.74) is -0.0278. The van der Waals surface area contributed by atoms with E-state index < -0.39 is 15.0 Å². The summed E-state index contributed by atoms with van der Waals surface area (Å²) in [6.07, 6.45) is 0. The Labute approximate surface area is 109 Å². The van der Waals surface area contributed by atoms with Crippen LogP contribution in [-0.4, -0.2) is 44.3 Å². The van der Waals surface area contributed by atoms with E-state index in [0.717, 1.165) is 0 Å². The van der Waals surface area contributed by atoms with Crippen LogP contribution < -0.4 is 5.32 Å². The number of hydrogen-bond acceptors (Lipinski definition) is 5. The van der Waals surface area contributed by atoms with Crippen LogP contribution in [0.15, 0.2) is 4.90 Å². The minimum Gasteiger partial charge on any atom is -0.383 e. The van der Waals surface area contributed by atoms with Crippen molar-refractivity contribution in [2.75, 3.05) is 13.7 Å². The van der Waals surface area contributed by atoms with Gasteiger partial charge in [0.05, 0.1) is 12.3 Å². The van der Waals surface area contributed by atoms with E-state index in [-0.39, 0.29) is 22.3 Å². The van der Waals surface area contributed by atoms with Crippen LogP contribution in [0.5, 0.6) is 0 Å². The molecule has 102 valence electrons. The van der Waals surface area contributed by atoms with Crippen molar-refractivity contribution in [1.82, 2.24) is 15.5 Å². The number of hydrogen-bond donors (Lipinski definition) is 2. The maximum Gasteiger partial charge on any atom is 0.273 e. The maximum absolute atomic E-state index is 11.8. The summed E-state index contributed by atoms with van der Waals surface area (Å²) in [7, 11) is 2.73. The van der Waals surface area contributed by atoms with Crippen molar-refractivity contribution >= 4 is 25.6 Å². The summed E-state index contributed by atoms with van der Waals surface area (Å²) in [5.74, 6) is -0.622. The van der Waals surface area contributed by atoms with Crippen molar-refractivity contribution in [3.05, 3.63) is 11.4 Å². The number of methoxy groups -OCH3 is 1. The first kappa shape index (κ1) is 14.9. The predicted octanol–water partition coefficient (Wildman–Crippen LogP) is 0.410. The van der Waals surface area contributed by atoms with Gasteiger partial charge in [-0.1, -0.05) is 0 Å². The highest BCUT2D eigenvalue weighted by Gasteiger charge is 2.27. The Morgan fingerprint density at radius 1 is 1.61 bits per heavy atom.